The van der Waals surface area contributed by atoms with Crippen LogP contribution in [0.4, 0.5) is 5.69 Å². The number of hydrogen-bond donors (Lipinski definition) is 0. The molecule has 2 aromatic carbocycles. The summed E-state index contributed by atoms with van der Waals surface area (Å²) in [6.45, 7) is 2.97. The molecule has 0 N–H and O–H groups in total. The lowest BCUT2D eigenvalue weighted by molar-refractivity contribution is 0.0746. The van der Waals surface area contributed by atoms with Crippen molar-refractivity contribution in [3.05, 3.63) is 53.6 Å². The summed E-state index contributed by atoms with van der Waals surface area (Å²) in [5.41, 5.74) is 2.29. The van der Waals surface area contributed by atoms with Crippen molar-refractivity contribution >= 4 is 11.6 Å². The Morgan fingerprint density at radius 3 is 2.60 bits per heavy atom. The number of carbonyl (C=O) groups excluding carboxylic acids is 1. The lowest BCUT2D eigenvalue weighted by atomic mass is 10.1. The number of amides is 1. The Balaban J connectivity index is 1.43. The summed E-state index contributed by atoms with van der Waals surface area (Å²) in [6.07, 6.45) is 0. The van der Waals surface area contributed by atoms with E-state index in [-0.39, 0.29) is 12.7 Å². The highest BCUT2D eigenvalue weighted by molar-refractivity contribution is 5.95. The summed E-state index contributed by atoms with van der Waals surface area (Å²) in [5.74, 6) is 1.31. The molecule has 2 aromatic rings. The van der Waals surface area contributed by atoms with E-state index in [4.69, 9.17) is 14.7 Å². The van der Waals surface area contributed by atoms with E-state index in [0.29, 0.717) is 35.7 Å². The maximum Gasteiger partial charge on any atom is 0.254 e. The summed E-state index contributed by atoms with van der Waals surface area (Å²) in [6, 6.07) is 15.0. The lowest BCUT2D eigenvalue weighted by Gasteiger charge is -2.36. The van der Waals surface area contributed by atoms with E-state index in [1.165, 1.54) is 0 Å². The third-order valence-corrected chi connectivity index (χ3v) is 4.53. The molecule has 2 aliphatic heterocycles. The van der Waals surface area contributed by atoms with Crippen LogP contribution in [0.1, 0.15) is 15.9 Å². The molecule has 2 aliphatic rings. The average molecular weight is 335 g/mol. The highest BCUT2D eigenvalue weighted by Crippen LogP contribution is 2.33. The van der Waals surface area contributed by atoms with Crippen LogP contribution in [0.2, 0.25) is 0 Å². The first-order valence-electron chi connectivity index (χ1n) is 8.18. The highest BCUT2D eigenvalue weighted by Gasteiger charge is 2.24. The predicted octanol–water partition coefficient (Wildman–Crippen LogP) is 2.25. The predicted molar refractivity (Wildman–Crippen MR) is 91.8 cm³/mol. The van der Waals surface area contributed by atoms with Crippen molar-refractivity contribution in [1.29, 1.82) is 5.26 Å². The number of benzene rings is 2. The van der Waals surface area contributed by atoms with Crippen LogP contribution in [0.5, 0.6) is 11.5 Å². The molecule has 1 saturated heterocycles. The minimum atomic E-state index is 0.00345. The molecule has 0 radical (unpaired) electrons. The Morgan fingerprint density at radius 1 is 1.00 bits per heavy atom. The van der Waals surface area contributed by atoms with E-state index in [2.05, 4.69) is 11.0 Å². The molecule has 2 heterocycles. The highest BCUT2D eigenvalue weighted by atomic mass is 16.7. The van der Waals surface area contributed by atoms with Crippen LogP contribution in [-0.4, -0.2) is 43.8 Å². The van der Waals surface area contributed by atoms with Crippen LogP contribution in [-0.2, 0) is 0 Å². The number of nitrogens with zero attached hydrogens (tertiary/aromatic N) is 3. The van der Waals surface area contributed by atoms with Crippen LogP contribution in [0, 0.1) is 11.3 Å². The molecule has 0 spiro atoms. The van der Waals surface area contributed by atoms with Crippen molar-refractivity contribution in [2.45, 2.75) is 0 Å². The molecular formula is C19H17N3O3. The maximum atomic E-state index is 12.7. The molecule has 0 aliphatic carbocycles. The standard InChI is InChI=1S/C19H17N3O3/c20-12-14-2-1-3-16(10-14)21-6-8-22(9-7-21)19(23)15-4-5-17-18(11-15)25-13-24-17/h1-5,10-11H,6-9,13H2. The zero-order valence-corrected chi connectivity index (χ0v) is 13.6. The van der Waals surface area contributed by atoms with Gasteiger partial charge in [-0.2, -0.15) is 5.26 Å². The number of nitriles is 1. The molecule has 126 valence electrons. The van der Waals surface area contributed by atoms with Gasteiger partial charge in [0.15, 0.2) is 11.5 Å². The van der Waals surface area contributed by atoms with E-state index < -0.39 is 0 Å². The third-order valence-electron chi connectivity index (χ3n) is 4.53. The maximum absolute atomic E-state index is 12.7. The van der Waals surface area contributed by atoms with E-state index in [1.807, 2.05) is 23.1 Å². The largest absolute Gasteiger partial charge is 0.454 e. The van der Waals surface area contributed by atoms with E-state index in [0.717, 1.165) is 18.8 Å². The molecule has 4 rings (SSSR count). The lowest BCUT2D eigenvalue weighted by Crippen LogP contribution is -2.48. The van der Waals surface area contributed by atoms with Gasteiger partial charge in [-0.05, 0) is 36.4 Å². The first-order valence-corrected chi connectivity index (χ1v) is 8.18. The first-order chi connectivity index (χ1) is 12.2. The molecule has 6 nitrogen and oxygen atoms in total. The van der Waals surface area contributed by atoms with Gasteiger partial charge in [-0.1, -0.05) is 6.07 Å². The van der Waals surface area contributed by atoms with Gasteiger partial charge < -0.3 is 19.3 Å². The molecule has 0 bridgehead atoms. The van der Waals surface area contributed by atoms with E-state index >= 15 is 0 Å². The Labute approximate surface area is 145 Å². The molecule has 6 heteroatoms. The number of rotatable bonds is 2. The zero-order chi connectivity index (χ0) is 17.2. The third kappa shape index (κ3) is 2.96. The van der Waals surface area contributed by atoms with Crippen molar-refractivity contribution in [2.75, 3.05) is 37.9 Å². The zero-order valence-electron chi connectivity index (χ0n) is 13.6. The molecular weight excluding hydrogens is 318 g/mol. The second kappa shape index (κ2) is 6.36. The van der Waals surface area contributed by atoms with Gasteiger partial charge in [0.05, 0.1) is 11.6 Å². The van der Waals surface area contributed by atoms with Gasteiger partial charge in [0, 0.05) is 37.4 Å². The van der Waals surface area contributed by atoms with Gasteiger partial charge in [-0.25, -0.2) is 0 Å². The fourth-order valence-electron chi connectivity index (χ4n) is 3.15. The Hall–Kier alpha value is -3.20. The quantitative estimate of drug-likeness (QED) is 0.842. The number of piperazine rings is 1. The normalized spacial score (nSPS) is 15.8. The summed E-state index contributed by atoms with van der Waals surface area (Å²) < 4.78 is 10.6. The summed E-state index contributed by atoms with van der Waals surface area (Å²) in [4.78, 5) is 16.8. The van der Waals surface area contributed by atoms with Crippen LogP contribution < -0.4 is 14.4 Å². The average Bonchev–Trinajstić information content (AvgIpc) is 3.15. The smallest absolute Gasteiger partial charge is 0.254 e. The van der Waals surface area contributed by atoms with Crippen molar-refractivity contribution < 1.29 is 14.3 Å². The molecule has 25 heavy (non-hydrogen) atoms. The van der Waals surface area contributed by atoms with Gasteiger partial charge in [-0.15, -0.1) is 0 Å². The molecule has 0 unspecified atom stereocenters. The van der Waals surface area contributed by atoms with E-state index in [1.54, 1.807) is 24.3 Å². The van der Waals surface area contributed by atoms with Gasteiger partial charge in [0.1, 0.15) is 0 Å². The summed E-state index contributed by atoms with van der Waals surface area (Å²) in [5, 5.41) is 9.03. The molecule has 0 aromatic heterocycles. The molecule has 0 atom stereocenters. The SMILES string of the molecule is N#Cc1cccc(N2CCN(C(=O)c3ccc4c(c3)OCO4)CC2)c1. The molecule has 1 amide bonds. The Bertz CT molecular complexity index is 851. The van der Waals surface area contributed by atoms with Crippen molar-refractivity contribution in [2.24, 2.45) is 0 Å². The Morgan fingerprint density at radius 2 is 1.80 bits per heavy atom. The van der Waals surface area contributed by atoms with Crippen molar-refractivity contribution in [3.63, 3.8) is 0 Å². The minimum absolute atomic E-state index is 0.00345. The molecule has 1 fully saturated rings. The van der Waals surface area contributed by atoms with Crippen molar-refractivity contribution in [1.82, 2.24) is 4.90 Å². The number of ether oxygens (including phenoxy) is 2. The summed E-state index contributed by atoms with van der Waals surface area (Å²) in [7, 11) is 0. The second-order valence-electron chi connectivity index (χ2n) is 6.01. The van der Waals surface area contributed by atoms with Crippen LogP contribution in [0.15, 0.2) is 42.5 Å². The van der Waals surface area contributed by atoms with Gasteiger partial charge >= 0.3 is 0 Å². The summed E-state index contributed by atoms with van der Waals surface area (Å²) >= 11 is 0. The van der Waals surface area contributed by atoms with Crippen molar-refractivity contribution in [3.8, 4) is 17.6 Å². The fraction of sp³-hybridized carbons (Fsp3) is 0.263. The molecule has 0 saturated carbocycles. The first kappa shape index (κ1) is 15.3. The van der Waals surface area contributed by atoms with Gasteiger partial charge in [0.25, 0.3) is 5.91 Å². The fourth-order valence-corrected chi connectivity index (χ4v) is 3.15. The minimum Gasteiger partial charge on any atom is -0.454 e. The number of carbonyl (C=O) groups is 1. The number of fused-ring (bicyclic) bond motifs is 1. The van der Waals surface area contributed by atoms with Crippen LogP contribution in [0.25, 0.3) is 0 Å². The van der Waals surface area contributed by atoms with E-state index in [9.17, 15) is 4.79 Å². The van der Waals surface area contributed by atoms with Gasteiger partial charge in [0.2, 0.25) is 6.79 Å². The second-order valence-corrected chi connectivity index (χ2v) is 6.01. The number of hydrogen-bond acceptors (Lipinski definition) is 5. The topological polar surface area (TPSA) is 65.8 Å². The van der Waals surface area contributed by atoms with Crippen LogP contribution >= 0.6 is 0 Å². The Kier molecular flexibility index (Phi) is 3.90. The van der Waals surface area contributed by atoms with Gasteiger partial charge in [-0.3, -0.25) is 4.79 Å². The number of anilines is 1. The van der Waals surface area contributed by atoms with Crippen LogP contribution in [0.3, 0.4) is 0 Å². The monoisotopic (exact) mass is 335 g/mol.